The highest BCUT2D eigenvalue weighted by atomic mass is 16.6. The van der Waals surface area contributed by atoms with Gasteiger partial charge in [0.05, 0.1) is 6.04 Å². The van der Waals surface area contributed by atoms with Crippen molar-refractivity contribution in [1.29, 1.82) is 0 Å². The molecule has 0 aromatic carbocycles. The highest BCUT2D eigenvalue weighted by Crippen LogP contribution is 2.29. The number of carbonyl (C=O) groups excluding carboxylic acids is 2. The summed E-state index contributed by atoms with van der Waals surface area (Å²) in [6.07, 6.45) is 6.04. The summed E-state index contributed by atoms with van der Waals surface area (Å²) in [6, 6.07) is -0.358. The minimum atomic E-state index is -0.522. The first-order valence-electron chi connectivity index (χ1n) is 6.74. The predicted octanol–water partition coefficient (Wildman–Crippen LogP) is 3.00. The quantitative estimate of drug-likeness (QED) is 0.725. The SMILES string of the molecule is CN(C(=O)OC(C)(C)C)C(C=O)CC1CCCC1. The van der Waals surface area contributed by atoms with Crippen molar-refractivity contribution >= 4 is 12.4 Å². The van der Waals surface area contributed by atoms with Gasteiger partial charge in [0.2, 0.25) is 0 Å². The molecule has 0 bridgehead atoms. The molecule has 0 saturated heterocycles. The Labute approximate surface area is 110 Å². The molecule has 1 amide bonds. The second kappa shape index (κ2) is 6.21. The standard InChI is InChI=1S/C14H25NO3/c1-14(2,3)18-13(17)15(4)12(10-16)9-11-7-5-6-8-11/h10-12H,5-9H2,1-4H3. The Balaban J connectivity index is 2.52. The average Bonchev–Trinajstić information content (AvgIpc) is 2.75. The Hall–Kier alpha value is -1.06. The van der Waals surface area contributed by atoms with E-state index < -0.39 is 11.7 Å². The van der Waals surface area contributed by atoms with Crippen LogP contribution in [0, 0.1) is 5.92 Å². The van der Waals surface area contributed by atoms with Crippen molar-refractivity contribution < 1.29 is 14.3 Å². The Morgan fingerprint density at radius 2 is 1.94 bits per heavy atom. The highest BCUT2D eigenvalue weighted by Gasteiger charge is 2.28. The van der Waals surface area contributed by atoms with E-state index in [0.29, 0.717) is 5.92 Å². The van der Waals surface area contributed by atoms with Crippen LogP contribution < -0.4 is 0 Å². The molecule has 4 heteroatoms. The van der Waals surface area contributed by atoms with Crippen molar-refractivity contribution in [1.82, 2.24) is 4.90 Å². The summed E-state index contributed by atoms with van der Waals surface area (Å²) in [7, 11) is 1.64. The number of aldehydes is 1. The third kappa shape index (κ3) is 4.67. The van der Waals surface area contributed by atoms with Crippen LogP contribution in [0.3, 0.4) is 0 Å². The molecule has 1 unspecified atom stereocenters. The summed E-state index contributed by atoms with van der Waals surface area (Å²) in [5, 5.41) is 0. The number of ether oxygens (including phenoxy) is 1. The highest BCUT2D eigenvalue weighted by molar-refractivity contribution is 5.73. The Kier molecular flexibility index (Phi) is 5.17. The maximum absolute atomic E-state index is 11.9. The lowest BCUT2D eigenvalue weighted by atomic mass is 9.98. The van der Waals surface area contributed by atoms with Gasteiger partial charge in [-0.2, -0.15) is 0 Å². The van der Waals surface area contributed by atoms with Crippen LogP contribution in [0.25, 0.3) is 0 Å². The lowest BCUT2D eigenvalue weighted by Gasteiger charge is -2.29. The van der Waals surface area contributed by atoms with E-state index >= 15 is 0 Å². The zero-order valence-electron chi connectivity index (χ0n) is 11.9. The van der Waals surface area contributed by atoms with E-state index in [2.05, 4.69) is 0 Å². The summed E-state index contributed by atoms with van der Waals surface area (Å²) in [5.74, 6) is 0.574. The van der Waals surface area contributed by atoms with Crippen molar-refractivity contribution in [2.45, 2.75) is 64.5 Å². The van der Waals surface area contributed by atoms with E-state index in [-0.39, 0.29) is 6.04 Å². The van der Waals surface area contributed by atoms with Crippen LogP contribution in [0.4, 0.5) is 4.79 Å². The number of hydrogen-bond acceptors (Lipinski definition) is 3. The first kappa shape index (κ1) is 15.0. The van der Waals surface area contributed by atoms with Gasteiger partial charge in [0.1, 0.15) is 11.9 Å². The summed E-state index contributed by atoms with van der Waals surface area (Å²) in [6.45, 7) is 5.48. The Morgan fingerprint density at radius 3 is 2.39 bits per heavy atom. The Morgan fingerprint density at radius 1 is 1.39 bits per heavy atom. The average molecular weight is 255 g/mol. The van der Waals surface area contributed by atoms with E-state index in [0.717, 1.165) is 12.7 Å². The number of hydrogen-bond donors (Lipinski definition) is 0. The topological polar surface area (TPSA) is 46.6 Å². The van der Waals surface area contributed by atoms with Gasteiger partial charge < -0.3 is 14.4 Å². The molecule has 0 N–H and O–H groups in total. The molecule has 0 aromatic heterocycles. The van der Waals surface area contributed by atoms with Crippen molar-refractivity contribution in [3.05, 3.63) is 0 Å². The minimum absolute atomic E-state index is 0.358. The fraction of sp³-hybridized carbons (Fsp3) is 0.857. The molecule has 0 heterocycles. The van der Waals surface area contributed by atoms with Crippen LogP contribution >= 0.6 is 0 Å². The molecule has 1 aliphatic rings. The molecule has 0 aromatic rings. The predicted molar refractivity (Wildman–Crippen MR) is 70.4 cm³/mol. The number of amides is 1. The van der Waals surface area contributed by atoms with Crippen LogP contribution in [0.5, 0.6) is 0 Å². The summed E-state index contributed by atoms with van der Waals surface area (Å²) >= 11 is 0. The number of rotatable bonds is 4. The summed E-state index contributed by atoms with van der Waals surface area (Å²) < 4.78 is 5.27. The van der Waals surface area contributed by atoms with Crippen molar-refractivity contribution in [2.75, 3.05) is 7.05 Å². The Bertz CT molecular complexity index is 290. The van der Waals surface area contributed by atoms with Gasteiger partial charge in [0.15, 0.2) is 0 Å². The van der Waals surface area contributed by atoms with Gasteiger partial charge in [-0.3, -0.25) is 0 Å². The molecule has 1 atom stereocenters. The minimum Gasteiger partial charge on any atom is -0.444 e. The van der Waals surface area contributed by atoms with Crippen LogP contribution in [0.1, 0.15) is 52.9 Å². The van der Waals surface area contributed by atoms with Crippen LogP contribution in [-0.2, 0) is 9.53 Å². The van der Waals surface area contributed by atoms with E-state index in [9.17, 15) is 9.59 Å². The normalized spacial score (nSPS) is 18.4. The van der Waals surface area contributed by atoms with Gasteiger partial charge in [-0.05, 0) is 33.1 Å². The molecular weight excluding hydrogens is 230 g/mol. The molecule has 1 saturated carbocycles. The lowest BCUT2D eigenvalue weighted by Crippen LogP contribution is -2.42. The van der Waals surface area contributed by atoms with E-state index in [1.165, 1.54) is 30.6 Å². The molecule has 104 valence electrons. The van der Waals surface area contributed by atoms with Crippen molar-refractivity contribution in [3.8, 4) is 0 Å². The second-order valence-corrected chi connectivity index (χ2v) is 6.18. The van der Waals surface area contributed by atoms with Gasteiger partial charge in [0, 0.05) is 7.05 Å². The third-order valence-electron chi connectivity index (χ3n) is 3.39. The van der Waals surface area contributed by atoms with Gasteiger partial charge in [-0.25, -0.2) is 4.79 Å². The van der Waals surface area contributed by atoms with Crippen LogP contribution in [0.15, 0.2) is 0 Å². The second-order valence-electron chi connectivity index (χ2n) is 6.18. The van der Waals surface area contributed by atoms with Gasteiger partial charge in [0.25, 0.3) is 0 Å². The maximum atomic E-state index is 11.9. The van der Waals surface area contributed by atoms with E-state index in [4.69, 9.17) is 4.74 Å². The zero-order chi connectivity index (χ0) is 13.8. The number of carbonyl (C=O) groups is 2. The van der Waals surface area contributed by atoms with Gasteiger partial charge >= 0.3 is 6.09 Å². The van der Waals surface area contributed by atoms with E-state index in [1.807, 2.05) is 20.8 Å². The van der Waals surface area contributed by atoms with E-state index in [1.54, 1.807) is 7.05 Å². The lowest BCUT2D eigenvalue weighted by molar-refractivity contribution is -0.112. The fourth-order valence-electron chi connectivity index (χ4n) is 2.36. The van der Waals surface area contributed by atoms with Gasteiger partial charge in [-0.15, -0.1) is 0 Å². The molecule has 0 aliphatic heterocycles. The van der Waals surface area contributed by atoms with Crippen LogP contribution in [-0.4, -0.2) is 36.0 Å². The monoisotopic (exact) mass is 255 g/mol. The van der Waals surface area contributed by atoms with Crippen molar-refractivity contribution in [2.24, 2.45) is 5.92 Å². The molecule has 18 heavy (non-hydrogen) atoms. The molecule has 1 rings (SSSR count). The molecular formula is C14H25NO3. The van der Waals surface area contributed by atoms with Crippen molar-refractivity contribution in [3.63, 3.8) is 0 Å². The zero-order valence-corrected chi connectivity index (χ0v) is 11.9. The first-order valence-corrected chi connectivity index (χ1v) is 6.74. The fourth-order valence-corrected chi connectivity index (χ4v) is 2.36. The maximum Gasteiger partial charge on any atom is 0.410 e. The third-order valence-corrected chi connectivity index (χ3v) is 3.39. The smallest absolute Gasteiger partial charge is 0.410 e. The molecule has 4 nitrogen and oxygen atoms in total. The molecule has 0 radical (unpaired) electrons. The molecule has 1 aliphatic carbocycles. The summed E-state index contributed by atoms with van der Waals surface area (Å²) in [5.41, 5.74) is -0.522. The number of nitrogens with zero attached hydrogens (tertiary/aromatic N) is 1. The van der Waals surface area contributed by atoms with Crippen LogP contribution in [0.2, 0.25) is 0 Å². The van der Waals surface area contributed by atoms with Gasteiger partial charge in [-0.1, -0.05) is 25.7 Å². The largest absolute Gasteiger partial charge is 0.444 e. The molecule has 0 spiro atoms. The summed E-state index contributed by atoms with van der Waals surface area (Å²) in [4.78, 5) is 24.5. The first-order chi connectivity index (χ1) is 8.33. The number of likely N-dealkylation sites (N-methyl/N-ethyl adjacent to an activating group) is 1. The molecule has 1 fully saturated rings.